The molecule has 0 fully saturated rings. The number of hydrogen-bond donors (Lipinski definition) is 0. The zero-order chi connectivity index (χ0) is 22.3. The van der Waals surface area contributed by atoms with Crippen LogP contribution in [0.3, 0.4) is 0 Å². The first-order valence-electron chi connectivity index (χ1n) is 9.19. The Bertz CT molecular complexity index is 1040. The molecule has 0 unspecified atom stereocenters. The van der Waals surface area contributed by atoms with E-state index in [1.165, 1.54) is 47.4 Å². The first-order chi connectivity index (χ1) is 14.9. The minimum absolute atomic E-state index is 0.0297. The van der Waals surface area contributed by atoms with E-state index in [0.29, 0.717) is 23.7 Å². The quantitative estimate of drug-likeness (QED) is 0.458. The summed E-state index contributed by atoms with van der Waals surface area (Å²) < 4.78 is 48.7. The molecule has 1 aromatic carbocycles. The Morgan fingerprint density at radius 1 is 1.10 bits per heavy atom. The lowest BCUT2D eigenvalue weighted by molar-refractivity contribution is -0.153. The third-order valence-corrected chi connectivity index (χ3v) is 4.65. The van der Waals surface area contributed by atoms with Crippen LogP contribution in [0.1, 0.15) is 6.42 Å². The highest BCUT2D eigenvalue weighted by molar-refractivity contribution is 7.98. The molecule has 0 atom stereocenters. The van der Waals surface area contributed by atoms with Crippen molar-refractivity contribution in [3.63, 3.8) is 0 Å². The summed E-state index contributed by atoms with van der Waals surface area (Å²) in [5.74, 6) is 0.906. The van der Waals surface area contributed by atoms with Crippen LogP contribution in [0, 0.1) is 0 Å². The molecule has 31 heavy (non-hydrogen) atoms. The molecule has 164 valence electrons. The third-order valence-electron chi connectivity index (χ3n) is 3.95. The molecular weight excluding hydrogens is 433 g/mol. The second-order valence-corrected chi connectivity index (χ2v) is 7.27. The van der Waals surface area contributed by atoms with Crippen LogP contribution in [0.5, 0.6) is 11.8 Å². The van der Waals surface area contributed by atoms with E-state index in [9.17, 15) is 18.0 Å². The Balaban J connectivity index is 1.93. The van der Waals surface area contributed by atoms with Gasteiger partial charge < -0.3 is 9.47 Å². The Hall–Kier alpha value is -3.08. The summed E-state index contributed by atoms with van der Waals surface area (Å²) in [4.78, 5) is 25.3. The van der Waals surface area contributed by atoms with Gasteiger partial charge in [0, 0.05) is 12.3 Å². The van der Waals surface area contributed by atoms with E-state index in [4.69, 9.17) is 9.47 Å². The molecule has 0 saturated carbocycles. The van der Waals surface area contributed by atoms with Gasteiger partial charge in [0.1, 0.15) is 12.1 Å². The molecule has 0 amide bonds. The fraction of sp³-hybridized carbons (Fsp3) is 0.300. The third kappa shape index (κ3) is 6.45. The van der Waals surface area contributed by atoms with E-state index >= 15 is 0 Å². The van der Waals surface area contributed by atoms with Crippen LogP contribution in [0.25, 0.3) is 17.1 Å². The molecule has 0 aliphatic carbocycles. The fourth-order valence-corrected chi connectivity index (χ4v) is 3.00. The maximum Gasteiger partial charge on any atom is 0.422 e. The lowest BCUT2D eigenvalue weighted by atomic mass is 10.2. The number of rotatable bonds is 9. The van der Waals surface area contributed by atoms with Crippen LogP contribution >= 0.6 is 11.8 Å². The number of thioether (sulfide) groups is 1. The Morgan fingerprint density at radius 2 is 1.87 bits per heavy atom. The zero-order valence-electron chi connectivity index (χ0n) is 16.5. The van der Waals surface area contributed by atoms with E-state index in [2.05, 4.69) is 15.0 Å². The van der Waals surface area contributed by atoms with Crippen LogP contribution in [0.2, 0.25) is 0 Å². The highest BCUT2D eigenvalue weighted by atomic mass is 32.2. The molecule has 0 saturated heterocycles. The smallest absolute Gasteiger partial charge is 0.422 e. The summed E-state index contributed by atoms with van der Waals surface area (Å²) in [5.41, 5.74) is 0.746. The molecule has 11 heteroatoms. The van der Waals surface area contributed by atoms with Gasteiger partial charge in [-0.25, -0.2) is 14.5 Å². The van der Waals surface area contributed by atoms with Gasteiger partial charge in [-0.15, -0.1) is 0 Å². The summed E-state index contributed by atoms with van der Waals surface area (Å²) in [5, 5.41) is 0. The molecule has 0 radical (unpaired) electrons. The second-order valence-electron chi connectivity index (χ2n) is 6.28. The predicted molar refractivity (Wildman–Crippen MR) is 111 cm³/mol. The standard InChI is InChI=1S/C20H19F3N4O3S/c1-31-10-2-9-29-19-26-17(16-7-8-24-13-25-16)11-18(28)27(19)14-3-5-15(6-4-14)30-12-20(21,22)23/h3-8,11,13H,2,9-10,12H2,1H3. The zero-order valence-corrected chi connectivity index (χ0v) is 17.3. The van der Waals surface area contributed by atoms with Gasteiger partial charge in [0.2, 0.25) is 0 Å². The van der Waals surface area contributed by atoms with E-state index in [0.717, 1.165) is 12.2 Å². The van der Waals surface area contributed by atoms with Crippen molar-refractivity contribution in [2.24, 2.45) is 0 Å². The normalized spacial score (nSPS) is 11.4. The first kappa shape index (κ1) is 22.6. The first-order valence-corrected chi connectivity index (χ1v) is 10.6. The number of aromatic nitrogens is 4. The maximum absolute atomic E-state index is 12.9. The number of nitrogens with zero attached hydrogens (tertiary/aromatic N) is 4. The Labute approximate surface area is 180 Å². The van der Waals surface area contributed by atoms with E-state index in [1.54, 1.807) is 17.8 Å². The van der Waals surface area contributed by atoms with Crippen molar-refractivity contribution in [3.05, 3.63) is 59.3 Å². The molecule has 0 N–H and O–H groups in total. The lowest BCUT2D eigenvalue weighted by Crippen LogP contribution is -2.22. The minimum atomic E-state index is -4.44. The van der Waals surface area contributed by atoms with Crippen LogP contribution in [-0.4, -0.2) is 50.9 Å². The van der Waals surface area contributed by atoms with Crippen molar-refractivity contribution < 1.29 is 22.6 Å². The molecular formula is C20H19F3N4O3S. The van der Waals surface area contributed by atoms with Gasteiger partial charge in [-0.1, -0.05) is 0 Å². The van der Waals surface area contributed by atoms with E-state index < -0.39 is 18.3 Å². The average molecular weight is 452 g/mol. The van der Waals surface area contributed by atoms with Crippen LogP contribution in [0.15, 0.2) is 53.7 Å². The average Bonchev–Trinajstić information content (AvgIpc) is 2.76. The predicted octanol–water partition coefficient (Wildman–Crippen LogP) is 3.76. The molecule has 0 aliphatic heterocycles. The topological polar surface area (TPSA) is 79.1 Å². The van der Waals surface area contributed by atoms with Crippen molar-refractivity contribution in [1.29, 1.82) is 0 Å². The Morgan fingerprint density at radius 3 is 2.52 bits per heavy atom. The summed E-state index contributed by atoms with van der Waals surface area (Å²) in [6.07, 6.45) is 1.18. The summed E-state index contributed by atoms with van der Waals surface area (Å²) in [7, 11) is 0. The van der Waals surface area contributed by atoms with Crippen molar-refractivity contribution in [3.8, 4) is 28.8 Å². The van der Waals surface area contributed by atoms with Crippen LogP contribution in [-0.2, 0) is 0 Å². The SMILES string of the molecule is CSCCCOc1nc(-c2ccncn2)cc(=O)n1-c1ccc(OCC(F)(F)F)cc1. The lowest BCUT2D eigenvalue weighted by Gasteiger charge is -2.15. The van der Waals surface area contributed by atoms with Gasteiger partial charge >= 0.3 is 12.2 Å². The number of alkyl halides is 3. The summed E-state index contributed by atoms with van der Waals surface area (Å²) in [6.45, 7) is -1.06. The Kier molecular flexibility index (Phi) is 7.50. The van der Waals surface area contributed by atoms with Gasteiger partial charge in [-0.2, -0.15) is 29.9 Å². The monoisotopic (exact) mass is 452 g/mol. The van der Waals surface area contributed by atoms with E-state index in [-0.39, 0.29) is 11.8 Å². The van der Waals surface area contributed by atoms with Gasteiger partial charge in [0.05, 0.1) is 23.7 Å². The van der Waals surface area contributed by atoms with Crippen molar-refractivity contribution >= 4 is 11.8 Å². The van der Waals surface area contributed by atoms with Gasteiger partial charge in [-0.3, -0.25) is 4.79 Å². The van der Waals surface area contributed by atoms with Gasteiger partial charge in [-0.05, 0) is 48.8 Å². The van der Waals surface area contributed by atoms with Gasteiger partial charge in [0.15, 0.2) is 6.61 Å². The molecule has 0 aliphatic rings. The summed E-state index contributed by atoms with van der Waals surface area (Å²) in [6, 6.07) is 8.63. The molecule has 2 aromatic heterocycles. The van der Waals surface area contributed by atoms with Crippen molar-refractivity contribution in [2.75, 3.05) is 25.2 Å². The number of benzene rings is 1. The number of halogens is 3. The van der Waals surface area contributed by atoms with E-state index in [1.807, 2.05) is 6.26 Å². The van der Waals surface area contributed by atoms with Crippen LogP contribution in [0.4, 0.5) is 13.2 Å². The maximum atomic E-state index is 12.9. The van der Waals surface area contributed by atoms with Crippen molar-refractivity contribution in [1.82, 2.24) is 19.5 Å². The molecule has 2 heterocycles. The highest BCUT2D eigenvalue weighted by Gasteiger charge is 2.28. The molecule has 3 aromatic rings. The number of hydrogen-bond acceptors (Lipinski definition) is 7. The fourth-order valence-electron chi connectivity index (χ4n) is 2.59. The second kappa shape index (κ2) is 10.3. The number of ether oxygens (including phenoxy) is 2. The minimum Gasteiger partial charge on any atom is -0.484 e. The van der Waals surface area contributed by atoms with Crippen molar-refractivity contribution in [2.45, 2.75) is 12.6 Å². The van der Waals surface area contributed by atoms with Crippen LogP contribution < -0.4 is 15.0 Å². The van der Waals surface area contributed by atoms with Gasteiger partial charge in [0.25, 0.3) is 5.56 Å². The molecule has 0 spiro atoms. The summed E-state index contributed by atoms with van der Waals surface area (Å²) >= 11 is 1.67. The molecule has 3 rings (SSSR count). The highest BCUT2D eigenvalue weighted by Crippen LogP contribution is 2.23. The largest absolute Gasteiger partial charge is 0.484 e. The molecule has 0 bridgehead atoms. The molecule has 7 nitrogen and oxygen atoms in total.